The number of carbonyl (C=O) groups is 1. The van der Waals surface area contributed by atoms with E-state index in [9.17, 15) is 13.2 Å². The summed E-state index contributed by atoms with van der Waals surface area (Å²) in [5.74, 6) is 0.701. The molecule has 12 heteroatoms. The summed E-state index contributed by atoms with van der Waals surface area (Å²) in [4.78, 5) is 17.0. The Labute approximate surface area is 241 Å². The third-order valence-electron chi connectivity index (χ3n) is 6.31. The zero-order valence-electron chi connectivity index (χ0n) is 22.2. The van der Waals surface area contributed by atoms with Gasteiger partial charge in [-0.25, -0.2) is 17.8 Å². The fraction of sp³-hybridized carbons (Fsp3) is 0.138. The summed E-state index contributed by atoms with van der Waals surface area (Å²) in [5.41, 5.74) is 3.04. The van der Waals surface area contributed by atoms with Crippen LogP contribution in [0.15, 0.2) is 90.1 Å². The Morgan fingerprint density at radius 1 is 0.951 bits per heavy atom. The van der Waals surface area contributed by atoms with Gasteiger partial charge in [-0.2, -0.15) is 5.10 Å². The lowest BCUT2D eigenvalue weighted by molar-refractivity contribution is -0.115. The minimum Gasteiger partial charge on any atom is -0.497 e. The minimum absolute atomic E-state index is 0.0231. The maximum atomic E-state index is 13.7. The Kier molecular flexibility index (Phi) is 8.20. The molecule has 2 heterocycles. The molecule has 2 N–H and O–H groups in total. The molecule has 0 radical (unpaired) electrons. The number of nitrogens with one attached hydrogen (secondary N) is 2. The molecule has 0 aliphatic heterocycles. The molecule has 5 rings (SSSR count). The van der Waals surface area contributed by atoms with E-state index in [1.165, 1.54) is 25.0 Å². The van der Waals surface area contributed by atoms with Crippen LogP contribution in [-0.4, -0.2) is 43.3 Å². The first-order valence-electron chi connectivity index (χ1n) is 12.5. The lowest BCUT2D eigenvalue weighted by Crippen LogP contribution is -2.25. The summed E-state index contributed by atoms with van der Waals surface area (Å²) < 4.78 is 42.2. The molecule has 0 bridgehead atoms. The Morgan fingerprint density at radius 3 is 2.54 bits per heavy atom. The standard InChI is InChI=1S/C29H26ClN5O5S/c1-39-22-11-9-20(27(16-22)40-2)17-32-41(37,38)28-15-21(33-29(36)14-19-6-3-4-7-23(19)30)10-12-26(28)35-18-25-24(34-35)8-5-13-31-25/h3-13,15-16,18,32H,14,17H2,1-2H3,(H,33,36). The van der Waals surface area contributed by atoms with Crippen molar-refractivity contribution >= 4 is 44.3 Å². The summed E-state index contributed by atoms with van der Waals surface area (Å²) >= 11 is 6.20. The number of pyridine rings is 1. The predicted octanol–water partition coefficient (Wildman–Crippen LogP) is 4.75. The number of hydrogen-bond donors (Lipinski definition) is 2. The van der Waals surface area contributed by atoms with Gasteiger partial charge in [0, 0.05) is 35.1 Å². The molecule has 210 valence electrons. The van der Waals surface area contributed by atoms with Crippen LogP contribution in [0.5, 0.6) is 11.5 Å². The van der Waals surface area contributed by atoms with E-state index < -0.39 is 10.0 Å². The number of fused-ring (bicyclic) bond motifs is 1. The van der Waals surface area contributed by atoms with Crippen LogP contribution in [0.1, 0.15) is 11.1 Å². The average molecular weight is 592 g/mol. The second-order valence-corrected chi connectivity index (χ2v) is 11.1. The van der Waals surface area contributed by atoms with Gasteiger partial charge >= 0.3 is 0 Å². The molecular weight excluding hydrogens is 566 g/mol. The monoisotopic (exact) mass is 591 g/mol. The molecule has 0 spiro atoms. The molecule has 0 fully saturated rings. The first-order chi connectivity index (χ1) is 19.8. The Balaban J connectivity index is 1.48. The van der Waals surface area contributed by atoms with Gasteiger partial charge in [-0.1, -0.05) is 35.9 Å². The van der Waals surface area contributed by atoms with E-state index in [-0.39, 0.29) is 29.5 Å². The number of hydrogen-bond acceptors (Lipinski definition) is 7. The normalized spacial score (nSPS) is 11.4. The van der Waals surface area contributed by atoms with Crippen LogP contribution in [0.4, 0.5) is 5.69 Å². The van der Waals surface area contributed by atoms with E-state index in [2.05, 4.69) is 20.1 Å². The number of sulfonamides is 1. The van der Waals surface area contributed by atoms with Crippen molar-refractivity contribution in [3.05, 3.63) is 101 Å². The Hall–Kier alpha value is -4.45. The highest BCUT2D eigenvalue weighted by Crippen LogP contribution is 2.28. The Morgan fingerprint density at radius 2 is 1.78 bits per heavy atom. The minimum atomic E-state index is -4.13. The molecule has 0 atom stereocenters. The fourth-order valence-corrected chi connectivity index (χ4v) is 5.66. The molecule has 0 unspecified atom stereocenters. The van der Waals surface area contributed by atoms with Crippen LogP contribution in [0.25, 0.3) is 16.7 Å². The molecule has 10 nitrogen and oxygen atoms in total. The van der Waals surface area contributed by atoms with Gasteiger partial charge in [0.2, 0.25) is 15.9 Å². The Bertz CT molecular complexity index is 1810. The summed E-state index contributed by atoms with van der Waals surface area (Å²) in [5, 5.41) is 7.75. The number of methoxy groups -OCH3 is 2. The molecule has 41 heavy (non-hydrogen) atoms. The fourth-order valence-electron chi connectivity index (χ4n) is 4.24. The van der Waals surface area contributed by atoms with Crippen LogP contribution in [0, 0.1) is 0 Å². The third-order valence-corrected chi connectivity index (χ3v) is 8.11. The second-order valence-electron chi connectivity index (χ2n) is 8.98. The van der Waals surface area contributed by atoms with Crippen molar-refractivity contribution in [1.29, 1.82) is 0 Å². The van der Waals surface area contributed by atoms with Crippen LogP contribution in [0.2, 0.25) is 5.02 Å². The van der Waals surface area contributed by atoms with Crippen molar-refractivity contribution in [2.45, 2.75) is 17.9 Å². The number of anilines is 1. The molecule has 5 aromatic rings. The number of ether oxygens (including phenoxy) is 2. The molecule has 0 aliphatic rings. The zero-order chi connectivity index (χ0) is 29.0. The highest BCUT2D eigenvalue weighted by atomic mass is 35.5. The highest BCUT2D eigenvalue weighted by molar-refractivity contribution is 7.89. The number of nitrogens with zero attached hydrogens (tertiary/aromatic N) is 3. The van der Waals surface area contributed by atoms with Crippen molar-refractivity contribution in [2.75, 3.05) is 19.5 Å². The van der Waals surface area contributed by atoms with Crippen molar-refractivity contribution in [1.82, 2.24) is 19.5 Å². The topological polar surface area (TPSA) is 124 Å². The lowest BCUT2D eigenvalue weighted by atomic mass is 10.1. The van der Waals surface area contributed by atoms with Crippen LogP contribution < -0.4 is 19.5 Å². The molecule has 0 aliphatic carbocycles. The largest absolute Gasteiger partial charge is 0.497 e. The van der Waals surface area contributed by atoms with Crippen molar-refractivity contribution in [3.63, 3.8) is 0 Å². The van der Waals surface area contributed by atoms with Crippen LogP contribution in [0.3, 0.4) is 0 Å². The molecule has 0 saturated carbocycles. The number of amides is 1. The van der Waals surface area contributed by atoms with E-state index in [1.54, 1.807) is 79.1 Å². The molecular formula is C29H26ClN5O5S. The highest BCUT2D eigenvalue weighted by Gasteiger charge is 2.23. The second kappa shape index (κ2) is 12.0. The first kappa shape index (κ1) is 28.1. The predicted molar refractivity (Wildman–Crippen MR) is 156 cm³/mol. The molecule has 1 amide bonds. The lowest BCUT2D eigenvalue weighted by Gasteiger charge is -2.15. The third kappa shape index (κ3) is 6.32. The van der Waals surface area contributed by atoms with Gasteiger partial charge < -0.3 is 14.8 Å². The van der Waals surface area contributed by atoms with Gasteiger partial charge in [0.25, 0.3) is 0 Å². The maximum absolute atomic E-state index is 13.7. The summed E-state index contributed by atoms with van der Waals surface area (Å²) in [6.45, 7) is -0.0549. The maximum Gasteiger partial charge on any atom is 0.243 e. The molecule has 2 aromatic heterocycles. The van der Waals surface area contributed by atoms with Crippen molar-refractivity contribution < 1.29 is 22.7 Å². The van der Waals surface area contributed by atoms with Gasteiger partial charge in [0.15, 0.2) is 0 Å². The van der Waals surface area contributed by atoms with Gasteiger partial charge in [-0.15, -0.1) is 0 Å². The smallest absolute Gasteiger partial charge is 0.243 e. The number of carbonyl (C=O) groups excluding carboxylic acids is 1. The van der Waals surface area contributed by atoms with E-state index >= 15 is 0 Å². The van der Waals surface area contributed by atoms with Crippen LogP contribution >= 0.6 is 11.6 Å². The van der Waals surface area contributed by atoms with E-state index in [4.69, 9.17) is 21.1 Å². The summed E-state index contributed by atoms with van der Waals surface area (Å²) in [6.07, 6.45) is 3.30. The summed E-state index contributed by atoms with van der Waals surface area (Å²) in [6, 6.07) is 20.3. The van der Waals surface area contributed by atoms with Gasteiger partial charge in [-0.3, -0.25) is 9.78 Å². The number of aromatic nitrogens is 3. The van der Waals surface area contributed by atoms with E-state index in [0.717, 1.165) is 0 Å². The first-order valence-corrected chi connectivity index (χ1v) is 14.3. The van der Waals surface area contributed by atoms with E-state index in [0.29, 0.717) is 44.4 Å². The van der Waals surface area contributed by atoms with Crippen molar-refractivity contribution in [2.24, 2.45) is 0 Å². The van der Waals surface area contributed by atoms with Gasteiger partial charge in [0.1, 0.15) is 27.4 Å². The summed E-state index contributed by atoms with van der Waals surface area (Å²) in [7, 11) is -1.10. The number of benzene rings is 3. The quantitative estimate of drug-likeness (QED) is 0.240. The number of rotatable bonds is 10. The van der Waals surface area contributed by atoms with Crippen molar-refractivity contribution in [3.8, 4) is 17.2 Å². The van der Waals surface area contributed by atoms with E-state index in [1.807, 2.05) is 0 Å². The molecule has 0 saturated heterocycles. The average Bonchev–Trinajstić information content (AvgIpc) is 3.41. The SMILES string of the molecule is COc1ccc(CNS(=O)(=O)c2cc(NC(=O)Cc3ccccc3Cl)ccc2-n2cc3ncccc3n2)c(OC)c1. The number of halogens is 1. The van der Waals surface area contributed by atoms with Gasteiger partial charge in [0.05, 0.1) is 32.5 Å². The molecule has 3 aromatic carbocycles. The van der Waals surface area contributed by atoms with Gasteiger partial charge in [-0.05, 0) is 48.0 Å². The van der Waals surface area contributed by atoms with Crippen LogP contribution in [-0.2, 0) is 27.8 Å². The zero-order valence-corrected chi connectivity index (χ0v) is 23.7.